The van der Waals surface area contributed by atoms with Crippen LogP contribution in [-0.2, 0) is 11.2 Å². The van der Waals surface area contributed by atoms with E-state index in [0.29, 0.717) is 6.42 Å². The Kier molecular flexibility index (Phi) is 3.31. The molecule has 0 radical (unpaired) electrons. The van der Waals surface area contributed by atoms with Gasteiger partial charge in [-0.1, -0.05) is 30.0 Å². The molecule has 1 aromatic heterocycles. The van der Waals surface area contributed by atoms with Crippen molar-refractivity contribution in [3.8, 4) is 0 Å². The fraction of sp³-hybridized carbons (Fsp3) is 0.250. The van der Waals surface area contributed by atoms with Crippen LogP contribution in [0.4, 0.5) is 0 Å². The van der Waals surface area contributed by atoms with Crippen LogP contribution in [0.3, 0.4) is 0 Å². The molecule has 4 heteroatoms. The van der Waals surface area contributed by atoms with Crippen molar-refractivity contribution in [1.82, 2.24) is 4.98 Å². The number of rotatable bonds is 3. The highest BCUT2D eigenvalue weighted by Gasteiger charge is 2.14. The fourth-order valence-corrected chi connectivity index (χ4v) is 2.16. The lowest BCUT2D eigenvalue weighted by molar-refractivity contribution is -0.112. The number of fused-ring (bicyclic) bond motifs is 1. The van der Waals surface area contributed by atoms with Crippen LogP contribution in [0.2, 0.25) is 0 Å². The monoisotopic (exact) mass is 234 g/mol. The molecule has 2 rings (SSSR count). The quantitative estimate of drug-likeness (QED) is 0.853. The maximum Gasteiger partial charge on any atom is 0.205 e. The van der Waals surface area contributed by atoms with Crippen molar-refractivity contribution in [1.29, 1.82) is 0 Å². The molecule has 3 N–H and O–H groups in total. The smallest absolute Gasteiger partial charge is 0.205 e. The number of nitrogens with two attached hydrogens (primary N) is 1. The van der Waals surface area contributed by atoms with Crippen LogP contribution in [0.1, 0.15) is 5.56 Å². The molecule has 0 amide bonds. The number of carbonyl (C=O) groups excluding carboxylic acids is 1. The number of H-pyrrole nitrogens is 1. The Hall–Kier alpha value is -1.26. The molecule has 0 aliphatic rings. The molecule has 0 aliphatic heterocycles. The van der Waals surface area contributed by atoms with Gasteiger partial charge in [-0.05, 0) is 24.3 Å². The number of para-hydroxylation sites is 1. The second-order valence-corrected chi connectivity index (χ2v) is 4.50. The van der Waals surface area contributed by atoms with Crippen molar-refractivity contribution in [2.75, 3.05) is 6.26 Å². The van der Waals surface area contributed by atoms with Crippen molar-refractivity contribution in [3.63, 3.8) is 0 Å². The molecule has 0 spiro atoms. The molecule has 1 heterocycles. The van der Waals surface area contributed by atoms with Gasteiger partial charge in [-0.2, -0.15) is 0 Å². The zero-order valence-electron chi connectivity index (χ0n) is 9.07. The van der Waals surface area contributed by atoms with Gasteiger partial charge >= 0.3 is 0 Å². The number of aromatic nitrogens is 1. The van der Waals surface area contributed by atoms with E-state index in [2.05, 4.69) is 4.98 Å². The maximum atomic E-state index is 11.4. The van der Waals surface area contributed by atoms with Gasteiger partial charge < -0.3 is 10.7 Å². The highest BCUT2D eigenvalue weighted by Crippen LogP contribution is 2.19. The number of hydrogen-bond donors (Lipinski definition) is 2. The minimum atomic E-state index is -0.422. The lowest BCUT2D eigenvalue weighted by atomic mass is 10.1. The van der Waals surface area contributed by atoms with E-state index in [1.165, 1.54) is 11.8 Å². The van der Waals surface area contributed by atoms with Crippen LogP contribution in [0.25, 0.3) is 10.9 Å². The zero-order valence-corrected chi connectivity index (χ0v) is 9.88. The Morgan fingerprint density at radius 1 is 1.50 bits per heavy atom. The van der Waals surface area contributed by atoms with E-state index in [0.717, 1.165) is 16.5 Å². The molecule has 0 unspecified atom stereocenters. The van der Waals surface area contributed by atoms with E-state index in [1.54, 1.807) is 6.26 Å². The van der Waals surface area contributed by atoms with Crippen LogP contribution in [0.15, 0.2) is 30.5 Å². The largest absolute Gasteiger partial charge is 0.361 e. The molecule has 0 fully saturated rings. The SMILES string of the molecule is CSC(=O)[C@@H](N)Cc1c[nH]c2ccccc12. The Bertz CT molecular complexity index is 506. The zero-order chi connectivity index (χ0) is 11.5. The number of nitrogens with one attached hydrogen (secondary N) is 1. The molecule has 0 bridgehead atoms. The summed E-state index contributed by atoms with van der Waals surface area (Å²) in [5, 5.41) is 1.18. The van der Waals surface area contributed by atoms with Gasteiger partial charge in [-0.25, -0.2) is 0 Å². The van der Waals surface area contributed by atoms with E-state index in [1.807, 2.05) is 30.5 Å². The summed E-state index contributed by atoms with van der Waals surface area (Å²) >= 11 is 1.19. The summed E-state index contributed by atoms with van der Waals surface area (Å²) in [6, 6.07) is 7.60. The van der Waals surface area contributed by atoms with Gasteiger partial charge in [0, 0.05) is 17.1 Å². The van der Waals surface area contributed by atoms with E-state index >= 15 is 0 Å². The van der Waals surface area contributed by atoms with Gasteiger partial charge in [-0.3, -0.25) is 4.79 Å². The molecule has 1 aromatic carbocycles. The van der Waals surface area contributed by atoms with Gasteiger partial charge in [0.1, 0.15) is 0 Å². The Morgan fingerprint density at radius 3 is 3.00 bits per heavy atom. The third-order valence-electron chi connectivity index (χ3n) is 2.62. The molecule has 2 aromatic rings. The van der Waals surface area contributed by atoms with Crippen LogP contribution < -0.4 is 5.73 Å². The van der Waals surface area contributed by atoms with Crippen molar-refractivity contribution in [2.24, 2.45) is 5.73 Å². The topological polar surface area (TPSA) is 58.9 Å². The van der Waals surface area contributed by atoms with Gasteiger partial charge in [0.15, 0.2) is 0 Å². The van der Waals surface area contributed by atoms with E-state index in [9.17, 15) is 4.79 Å². The van der Waals surface area contributed by atoms with E-state index in [-0.39, 0.29) is 5.12 Å². The highest BCUT2D eigenvalue weighted by molar-refractivity contribution is 8.13. The highest BCUT2D eigenvalue weighted by atomic mass is 32.2. The molecule has 0 saturated carbocycles. The van der Waals surface area contributed by atoms with E-state index < -0.39 is 6.04 Å². The average molecular weight is 234 g/mol. The summed E-state index contributed by atoms with van der Waals surface area (Å²) in [7, 11) is 0. The van der Waals surface area contributed by atoms with Crippen molar-refractivity contribution in [2.45, 2.75) is 12.5 Å². The van der Waals surface area contributed by atoms with Gasteiger partial charge in [0.2, 0.25) is 5.12 Å². The number of carbonyl (C=O) groups is 1. The Balaban J connectivity index is 2.24. The van der Waals surface area contributed by atoms with Crippen LogP contribution >= 0.6 is 11.8 Å². The van der Waals surface area contributed by atoms with E-state index in [4.69, 9.17) is 5.73 Å². The lowest BCUT2D eigenvalue weighted by Crippen LogP contribution is -2.30. The summed E-state index contributed by atoms with van der Waals surface area (Å²) < 4.78 is 0. The number of aromatic amines is 1. The summed E-state index contributed by atoms with van der Waals surface area (Å²) in [6.45, 7) is 0. The Morgan fingerprint density at radius 2 is 2.25 bits per heavy atom. The average Bonchev–Trinajstić information content (AvgIpc) is 2.72. The predicted octanol–water partition coefficient (Wildman–Crippen LogP) is 1.93. The first-order chi connectivity index (χ1) is 7.72. The molecule has 16 heavy (non-hydrogen) atoms. The first-order valence-corrected chi connectivity index (χ1v) is 6.33. The van der Waals surface area contributed by atoms with Crippen LogP contribution in [0, 0.1) is 0 Å². The van der Waals surface area contributed by atoms with Gasteiger partial charge in [-0.15, -0.1) is 0 Å². The lowest BCUT2D eigenvalue weighted by Gasteiger charge is -2.07. The number of benzene rings is 1. The molecular formula is C12H14N2OS. The fourth-order valence-electron chi connectivity index (χ4n) is 1.77. The summed E-state index contributed by atoms with van der Waals surface area (Å²) in [6.07, 6.45) is 4.28. The summed E-state index contributed by atoms with van der Waals surface area (Å²) in [5.41, 5.74) is 8.01. The third kappa shape index (κ3) is 2.13. The second kappa shape index (κ2) is 4.72. The first kappa shape index (κ1) is 11.2. The summed E-state index contributed by atoms with van der Waals surface area (Å²) in [5.74, 6) is 0. The van der Waals surface area contributed by atoms with Crippen molar-refractivity contribution in [3.05, 3.63) is 36.0 Å². The maximum absolute atomic E-state index is 11.4. The second-order valence-electron chi connectivity index (χ2n) is 3.69. The molecule has 0 aliphatic carbocycles. The molecule has 84 valence electrons. The number of hydrogen-bond acceptors (Lipinski definition) is 3. The van der Waals surface area contributed by atoms with Crippen LogP contribution in [0.5, 0.6) is 0 Å². The number of thioether (sulfide) groups is 1. The minimum absolute atomic E-state index is 0.0327. The standard InChI is InChI=1S/C12H14N2OS/c1-16-12(15)10(13)6-8-7-14-11-5-3-2-4-9(8)11/h2-5,7,10,14H,6,13H2,1H3/t10-/m0/s1. The normalized spacial score (nSPS) is 12.9. The van der Waals surface area contributed by atoms with Crippen molar-refractivity contribution >= 4 is 27.8 Å². The first-order valence-electron chi connectivity index (χ1n) is 5.11. The Labute approximate surface area is 98.4 Å². The molecule has 0 saturated heterocycles. The minimum Gasteiger partial charge on any atom is -0.361 e. The third-order valence-corrected chi connectivity index (χ3v) is 3.32. The van der Waals surface area contributed by atoms with Crippen LogP contribution in [-0.4, -0.2) is 22.4 Å². The molecular weight excluding hydrogens is 220 g/mol. The van der Waals surface area contributed by atoms with Gasteiger partial charge in [0.25, 0.3) is 0 Å². The van der Waals surface area contributed by atoms with Crippen molar-refractivity contribution < 1.29 is 4.79 Å². The van der Waals surface area contributed by atoms with Gasteiger partial charge in [0.05, 0.1) is 6.04 Å². The molecule has 3 nitrogen and oxygen atoms in total. The predicted molar refractivity (Wildman–Crippen MR) is 68.5 cm³/mol. The molecule has 1 atom stereocenters. The summed E-state index contributed by atoms with van der Waals surface area (Å²) in [4.78, 5) is 14.6.